The molecule has 3 rings (SSSR count). The molecular formula is C30H36ClN3O4S. The summed E-state index contributed by atoms with van der Waals surface area (Å²) in [4.78, 5) is 29.1. The Morgan fingerprint density at radius 3 is 2.05 bits per heavy atom. The SMILES string of the molecule is Cc1cccc(C)c1N(CC(=O)N(Cc1ccccc1Cl)C(Cc1ccccc1)C(=O)NC(C)C)S(C)(=O)=O. The van der Waals surface area contributed by atoms with Crippen molar-refractivity contribution < 1.29 is 18.0 Å². The Balaban J connectivity index is 2.10. The lowest BCUT2D eigenvalue weighted by atomic mass is 10.0. The molecule has 0 radical (unpaired) electrons. The molecule has 0 saturated heterocycles. The number of hydrogen-bond donors (Lipinski definition) is 1. The highest BCUT2D eigenvalue weighted by Gasteiger charge is 2.34. The third-order valence-corrected chi connectivity index (χ3v) is 7.85. The molecule has 0 aliphatic heterocycles. The van der Waals surface area contributed by atoms with Crippen molar-refractivity contribution in [2.75, 3.05) is 17.1 Å². The van der Waals surface area contributed by atoms with Gasteiger partial charge in [-0.05, 0) is 56.0 Å². The molecule has 9 heteroatoms. The van der Waals surface area contributed by atoms with Gasteiger partial charge in [0.15, 0.2) is 0 Å². The van der Waals surface area contributed by atoms with Crippen molar-refractivity contribution in [1.29, 1.82) is 0 Å². The number of carbonyl (C=O) groups excluding carboxylic acids is 2. The average molecular weight is 570 g/mol. The number of aryl methyl sites for hydroxylation is 2. The molecule has 3 aromatic rings. The number of benzene rings is 3. The Labute approximate surface area is 236 Å². The predicted molar refractivity (Wildman–Crippen MR) is 157 cm³/mol. The van der Waals surface area contributed by atoms with Crippen LogP contribution in [0.3, 0.4) is 0 Å². The van der Waals surface area contributed by atoms with E-state index in [4.69, 9.17) is 11.6 Å². The van der Waals surface area contributed by atoms with Gasteiger partial charge in [-0.1, -0.05) is 78.3 Å². The van der Waals surface area contributed by atoms with Crippen LogP contribution in [0.25, 0.3) is 0 Å². The highest BCUT2D eigenvalue weighted by molar-refractivity contribution is 7.92. The fourth-order valence-corrected chi connectivity index (χ4v) is 5.68. The second kappa shape index (κ2) is 13.1. The van der Waals surface area contributed by atoms with E-state index < -0.39 is 28.5 Å². The van der Waals surface area contributed by atoms with Crippen molar-refractivity contribution >= 4 is 39.1 Å². The summed E-state index contributed by atoms with van der Waals surface area (Å²) in [6.45, 7) is 6.89. The van der Waals surface area contributed by atoms with Gasteiger partial charge in [-0.3, -0.25) is 13.9 Å². The number of hydrogen-bond acceptors (Lipinski definition) is 4. The van der Waals surface area contributed by atoms with Crippen molar-refractivity contribution in [2.45, 2.75) is 52.7 Å². The predicted octanol–water partition coefficient (Wildman–Crippen LogP) is 4.89. The van der Waals surface area contributed by atoms with Gasteiger partial charge in [0.1, 0.15) is 12.6 Å². The first-order valence-electron chi connectivity index (χ1n) is 12.8. The first-order chi connectivity index (χ1) is 18.4. The van der Waals surface area contributed by atoms with Gasteiger partial charge in [-0.25, -0.2) is 8.42 Å². The second-order valence-electron chi connectivity index (χ2n) is 9.99. The summed E-state index contributed by atoms with van der Waals surface area (Å²) in [6.07, 6.45) is 1.33. The molecule has 0 aliphatic rings. The number of sulfonamides is 1. The molecule has 0 fully saturated rings. The van der Waals surface area contributed by atoms with E-state index in [0.29, 0.717) is 16.3 Å². The molecule has 3 aromatic carbocycles. The van der Waals surface area contributed by atoms with Gasteiger partial charge in [-0.15, -0.1) is 0 Å². The van der Waals surface area contributed by atoms with Crippen molar-refractivity contribution in [3.05, 3.63) is 100 Å². The van der Waals surface area contributed by atoms with E-state index in [1.54, 1.807) is 44.2 Å². The summed E-state index contributed by atoms with van der Waals surface area (Å²) in [7, 11) is -3.84. The molecule has 39 heavy (non-hydrogen) atoms. The largest absolute Gasteiger partial charge is 0.352 e. The molecule has 0 spiro atoms. The van der Waals surface area contributed by atoms with E-state index in [9.17, 15) is 18.0 Å². The summed E-state index contributed by atoms with van der Waals surface area (Å²) < 4.78 is 27.1. The minimum absolute atomic E-state index is 0.0336. The van der Waals surface area contributed by atoms with E-state index in [-0.39, 0.29) is 24.9 Å². The topological polar surface area (TPSA) is 86.8 Å². The fraction of sp³-hybridized carbons (Fsp3) is 0.333. The zero-order valence-electron chi connectivity index (χ0n) is 23.0. The van der Waals surface area contributed by atoms with Crippen LogP contribution in [0.1, 0.15) is 36.1 Å². The number of nitrogens with zero attached hydrogens (tertiary/aromatic N) is 2. The van der Waals surface area contributed by atoms with Crippen LogP contribution < -0.4 is 9.62 Å². The van der Waals surface area contributed by atoms with Gasteiger partial charge >= 0.3 is 0 Å². The van der Waals surface area contributed by atoms with Crippen LogP contribution in [0.4, 0.5) is 5.69 Å². The van der Waals surface area contributed by atoms with Crippen LogP contribution in [-0.4, -0.2) is 50.0 Å². The van der Waals surface area contributed by atoms with E-state index in [0.717, 1.165) is 27.3 Å². The molecule has 1 atom stereocenters. The number of amides is 2. The lowest BCUT2D eigenvalue weighted by molar-refractivity contribution is -0.140. The van der Waals surface area contributed by atoms with Gasteiger partial charge in [0.2, 0.25) is 21.8 Å². The molecule has 0 bridgehead atoms. The molecule has 0 saturated carbocycles. The summed E-state index contributed by atoms with van der Waals surface area (Å²) >= 11 is 6.47. The number of carbonyl (C=O) groups is 2. The Bertz CT molecular complexity index is 1390. The Morgan fingerprint density at radius 2 is 1.49 bits per heavy atom. The normalized spacial score (nSPS) is 12.2. The van der Waals surface area contributed by atoms with Gasteiger partial charge in [-0.2, -0.15) is 0 Å². The van der Waals surface area contributed by atoms with Crippen molar-refractivity contribution in [3.8, 4) is 0 Å². The van der Waals surface area contributed by atoms with Crippen LogP contribution in [0.15, 0.2) is 72.8 Å². The maximum atomic E-state index is 14.1. The Kier molecular flexibility index (Phi) is 10.2. The van der Waals surface area contributed by atoms with E-state index in [1.807, 2.05) is 56.3 Å². The average Bonchev–Trinajstić information content (AvgIpc) is 2.86. The summed E-state index contributed by atoms with van der Waals surface area (Å²) in [5, 5.41) is 3.39. The van der Waals surface area contributed by atoms with E-state index in [1.165, 1.54) is 4.90 Å². The molecule has 0 aromatic heterocycles. The molecule has 2 amide bonds. The maximum absolute atomic E-state index is 14.1. The van der Waals surface area contributed by atoms with Crippen molar-refractivity contribution in [2.24, 2.45) is 0 Å². The van der Waals surface area contributed by atoms with Crippen LogP contribution in [0, 0.1) is 13.8 Å². The zero-order chi connectivity index (χ0) is 28.7. The van der Waals surface area contributed by atoms with Crippen LogP contribution in [-0.2, 0) is 32.6 Å². The zero-order valence-corrected chi connectivity index (χ0v) is 24.6. The molecule has 1 N–H and O–H groups in total. The smallest absolute Gasteiger partial charge is 0.244 e. The minimum Gasteiger partial charge on any atom is -0.352 e. The number of para-hydroxylation sites is 1. The fourth-order valence-electron chi connectivity index (χ4n) is 4.52. The summed E-state index contributed by atoms with van der Waals surface area (Å²) in [6, 6.07) is 20.9. The third-order valence-electron chi connectivity index (χ3n) is 6.37. The second-order valence-corrected chi connectivity index (χ2v) is 12.3. The third kappa shape index (κ3) is 8.07. The van der Waals surface area contributed by atoms with Gasteiger partial charge in [0.05, 0.1) is 11.9 Å². The highest BCUT2D eigenvalue weighted by atomic mass is 35.5. The molecule has 7 nitrogen and oxygen atoms in total. The van der Waals surface area contributed by atoms with Gasteiger partial charge < -0.3 is 10.2 Å². The Morgan fingerprint density at radius 1 is 0.897 bits per heavy atom. The minimum atomic E-state index is -3.84. The van der Waals surface area contributed by atoms with Crippen molar-refractivity contribution in [3.63, 3.8) is 0 Å². The number of nitrogens with one attached hydrogen (secondary N) is 1. The quantitative estimate of drug-likeness (QED) is 0.356. The van der Waals surface area contributed by atoms with Crippen molar-refractivity contribution in [1.82, 2.24) is 10.2 Å². The first-order valence-corrected chi connectivity index (χ1v) is 15.0. The van der Waals surface area contributed by atoms with Crippen LogP contribution in [0.2, 0.25) is 5.02 Å². The van der Waals surface area contributed by atoms with E-state index >= 15 is 0 Å². The monoisotopic (exact) mass is 569 g/mol. The summed E-state index contributed by atoms with van der Waals surface area (Å²) in [5.41, 5.74) is 3.43. The van der Waals surface area contributed by atoms with Crippen LogP contribution >= 0.6 is 11.6 Å². The lowest BCUT2D eigenvalue weighted by Crippen LogP contribution is -2.54. The van der Waals surface area contributed by atoms with E-state index in [2.05, 4.69) is 5.32 Å². The molecule has 0 heterocycles. The number of halogens is 1. The molecule has 208 valence electrons. The lowest BCUT2D eigenvalue weighted by Gasteiger charge is -2.34. The molecular weight excluding hydrogens is 534 g/mol. The van der Waals surface area contributed by atoms with Gasteiger partial charge in [0, 0.05) is 24.0 Å². The standard InChI is InChI=1S/C30H36ClN3O4S/c1-21(2)32-30(36)27(18-24-14-7-6-8-15-24)33(19-25-16-9-10-17-26(25)31)28(35)20-34(39(5,37)38)29-22(3)12-11-13-23(29)4/h6-17,21,27H,18-20H2,1-5H3,(H,32,36). The van der Waals surface area contributed by atoms with Crippen LogP contribution in [0.5, 0.6) is 0 Å². The molecule has 0 aliphatic carbocycles. The maximum Gasteiger partial charge on any atom is 0.244 e. The Hall–Kier alpha value is -3.36. The number of anilines is 1. The highest BCUT2D eigenvalue weighted by Crippen LogP contribution is 2.28. The first kappa shape index (κ1) is 30.2. The van der Waals surface area contributed by atoms with Gasteiger partial charge in [0.25, 0.3) is 0 Å². The number of rotatable bonds is 11. The summed E-state index contributed by atoms with van der Waals surface area (Å²) in [5.74, 6) is -0.838. The molecule has 1 unspecified atom stereocenters.